The number of rotatable bonds is 3. The topological polar surface area (TPSA) is 51.3 Å². The molecule has 3 heterocycles. The lowest BCUT2D eigenvalue weighted by Crippen LogP contribution is -2.36. The van der Waals surface area contributed by atoms with Crippen molar-refractivity contribution < 1.29 is 9.21 Å². The average molecular weight is 321 g/mol. The number of likely N-dealkylation sites (tertiary alicyclic amines) is 1. The van der Waals surface area contributed by atoms with Crippen LogP contribution in [0.2, 0.25) is 0 Å². The molecule has 5 nitrogen and oxygen atoms in total. The van der Waals surface area contributed by atoms with E-state index in [1.807, 2.05) is 53.4 Å². The van der Waals surface area contributed by atoms with Gasteiger partial charge in [-0.3, -0.25) is 4.79 Å². The maximum atomic E-state index is 13.0. The van der Waals surface area contributed by atoms with Crippen LogP contribution in [0.3, 0.4) is 0 Å². The zero-order valence-electron chi connectivity index (χ0n) is 13.4. The Morgan fingerprint density at radius 2 is 1.79 bits per heavy atom. The summed E-state index contributed by atoms with van der Waals surface area (Å²) in [5, 5.41) is 4.61. The molecule has 0 unspecified atom stereocenters. The fourth-order valence-electron chi connectivity index (χ4n) is 3.10. The summed E-state index contributed by atoms with van der Waals surface area (Å²) in [5.74, 6) is 0.696. The number of nitrogens with zero attached hydrogens (tertiary/aromatic N) is 3. The summed E-state index contributed by atoms with van der Waals surface area (Å²) in [6.07, 6.45) is 4.94. The first-order chi connectivity index (χ1) is 11.8. The number of carbonyl (C=O) groups excluding carboxylic acids is 1. The van der Waals surface area contributed by atoms with E-state index in [4.69, 9.17) is 4.42 Å². The van der Waals surface area contributed by atoms with Gasteiger partial charge in [-0.05, 0) is 43.5 Å². The summed E-state index contributed by atoms with van der Waals surface area (Å²) in [6, 6.07) is 15.2. The summed E-state index contributed by atoms with van der Waals surface area (Å²) in [5.41, 5.74) is 2.12. The van der Waals surface area contributed by atoms with Gasteiger partial charge in [0.05, 0.1) is 12.0 Å². The van der Waals surface area contributed by atoms with Gasteiger partial charge in [-0.1, -0.05) is 18.2 Å². The van der Waals surface area contributed by atoms with Crippen molar-refractivity contribution in [2.45, 2.75) is 19.3 Å². The van der Waals surface area contributed by atoms with Crippen molar-refractivity contribution in [3.63, 3.8) is 0 Å². The number of piperidine rings is 1. The van der Waals surface area contributed by atoms with Gasteiger partial charge >= 0.3 is 0 Å². The fraction of sp³-hybridized carbons (Fsp3) is 0.263. The predicted octanol–water partition coefficient (Wildman–Crippen LogP) is 3.76. The van der Waals surface area contributed by atoms with Crippen LogP contribution in [0.25, 0.3) is 17.1 Å². The minimum absolute atomic E-state index is 0.0314. The first kappa shape index (κ1) is 14.8. The Kier molecular flexibility index (Phi) is 3.91. The monoisotopic (exact) mass is 321 g/mol. The Morgan fingerprint density at radius 3 is 2.50 bits per heavy atom. The lowest BCUT2D eigenvalue weighted by atomic mass is 10.1. The number of hydrogen-bond donors (Lipinski definition) is 0. The van der Waals surface area contributed by atoms with Crippen molar-refractivity contribution in [2.24, 2.45) is 0 Å². The van der Waals surface area contributed by atoms with Crippen LogP contribution < -0.4 is 0 Å². The van der Waals surface area contributed by atoms with Crippen LogP contribution in [0.15, 0.2) is 59.2 Å². The standard InChI is InChI=1S/C19H19N3O2/c23-19(21-11-5-2-6-12-21)17-14-16(18-10-7-13-24-18)20-22(17)15-8-3-1-4-9-15/h1,3-4,7-10,13-14H,2,5-6,11-12H2. The second-order valence-electron chi connectivity index (χ2n) is 5.99. The quantitative estimate of drug-likeness (QED) is 0.738. The number of aromatic nitrogens is 2. The Labute approximate surface area is 140 Å². The molecular weight excluding hydrogens is 302 g/mol. The molecule has 1 amide bonds. The van der Waals surface area contributed by atoms with Crippen LogP contribution in [0.4, 0.5) is 0 Å². The van der Waals surface area contributed by atoms with Crippen molar-refractivity contribution >= 4 is 5.91 Å². The highest BCUT2D eigenvalue weighted by Crippen LogP contribution is 2.24. The number of furan rings is 1. The maximum Gasteiger partial charge on any atom is 0.272 e. The molecule has 1 fully saturated rings. The molecule has 24 heavy (non-hydrogen) atoms. The molecular formula is C19H19N3O2. The molecule has 0 radical (unpaired) electrons. The van der Waals surface area contributed by atoms with E-state index >= 15 is 0 Å². The van der Waals surface area contributed by atoms with Crippen LogP contribution in [0.5, 0.6) is 0 Å². The lowest BCUT2D eigenvalue weighted by Gasteiger charge is -2.26. The maximum absolute atomic E-state index is 13.0. The average Bonchev–Trinajstić information content (AvgIpc) is 3.32. The van der Waals surface area contributed by atoms with Gasteiger partial charge in [-0.25, -0.2) is 4.68 Å². The zero-order valence-corrected chi connectivity index (χ0v) is 13.4. The third-order valence-corrected chi connectivity index (χ3v) is 4.35. The van der Waals surface area contributed by atoms with Crippen molar-refractivity contribution in [1.82, 2.24) is 14.7 Å². The van der Waals surface area contributed by atoms with Gasteiger partial charge < -0.3 is 9.32 Å². The molecule has 0 aliphatic carbocycles. The molecule has 0 N–H and O–H groups in total. The highest BCUT2D eigenvalue weighted by atomic mass is 16.3. The second kappa shape index (κ2) is 6.35. The van der Waals surface area contributed by atoms with E-state index in [1.54, 1.807) is 10.9 Å². The van der Waals surface area contributed by atoms with Gasteiger partial charge in [0.2, 0.25) is 0 Å². The number of para-hydroxylation sites is 1. The predicted molar refractivity (Wildman–Crippen MR) is 91.0 cm³/mol. The minimum atomic E-state index is 0.0314. The highest BCUT2D eigenvalue weighted by molar-refractivity contribution is 5.94. The first-order valence-corrected chi connectivity index (χ1v) is 8.31. The number of amides is 1. The zero-order chi connectivity index (χ0) is 16.4. The van der Waals surface area contributed by atoms with E-state index < -0.39 is 0 Å². The Balaban J connectivity index is 1.77. The Bertz CT molecular complexity index is 816. The molecule has 122 valence electrons. The van der Waals surface area contributed by atoms with Crippen molar-refractivity contribution in [2.75, 3.05) is 13.1 Å². The number of hydrogen-bond acceptors (Lipinski definition) is 3. The van der Waals surface area contributed by atoms with E-state index in [9.17, 15) is 4.79 Å². The van der Waals surface area contributed by atoms with Crippen molar-refractivity contribution in [3.05, 3.63) is 60.5 Å². The van der Waals surface area contributed by atoms with E-state index in [1.165, 1.54) is 6.42 Å². The molecule has 2 aromatic heterocycles. The van der Waals surface area contributed by atoms with Gasteiger partial charge in [-0.15, -0.1) is 0 Å². The molecule has 1 saturated heterocycles. The van der Waals surface area contributed by atoms with Crippen LogP contribution in [-0.4, -0.2) is 33.7 Å². The minimum Gasteiger partial charge on any atom is -0.463 e. The Morgan fingerprint density at radius 1 is 1.00 bits per heavy atom. The molecule has 5 heteroatoms. The summed E-state index contributed by atoms with van der Waals surface area (Å²) in [4.78, 5) is 14.9. The normalized spacial score (nSPS) is 14.8. The van der Waals surface area contributed by atoms with Crippen LogP contribution in [-0.2, 0) is 0 Å². The second-order valence-corrected chi connectivity index (χ2v) is 5.99. The molecule has 0 atom stereocenters. The molecule has 1 aliphatic rings. The van der Waals surface area contributed by atoms with E-state index in [2.05, 4.69) is 5.10 Å². The molecule has 1 aromatic carbocycles. The van der Waals surface area contributed by atoms with Gasteiger partial charge in [0.15, 0.2) is 5.76 Å². The summed E-state index contributed by atoms with van der Waals surface area (Å²) >= 11 is 0. The van der Waals surface area contributed by atoms with Gasteiger partial charge in [0, 0.05) is 19.2 Å². The summed E-state index contributed by atoms with van der Waals surface area (Å²) in [6.45, 7) is 1.63. The first-order valence-electron chi connectivity index (χ1n) is 8.31. The van der Waals surface area contributed by atoms with Gasteiger partial charge in [0.1, 0.15) is 11.4 Å². The SMILES string of the molecule is O=C(c1cc(-c2ccco2)nn1-c1ccccc1)N1CCCCC1. The smallest absolute Gasteiger partial charge is 0.272 e. The highest BCUT2D eigenvalue weighted by Gasteiger charge is 2.24. The van der Waals surface area contributed by atoms with Crippen molar-refractivity contribution in [1.29, 1.82) is 0 Å². The molecule has 4 rings (SSSR count). The molecule has 0 saturated carbocycles. The lowest BCUT2D eigenvalue weighted by molar-refractivity contribution is 0.0715. The third-order valence-electron chi connectivity index (χ3n) is 4.35. The van der Waals surface area contributed by atoms with E-state index in [0.29, 0.717) is 17.1 Å². The third kappa shape index (κ3) is 2.73. The summed E-state index contributed by atoms with van der Waals surface area (Å²) < 4.78 is 7.17. The summed E-state index contributed by atoms with van der Waals surface area (Å²) in [7, 11) is 0. The number of benzene rings is 1. The van der Waals surface area contributed by atoms with Crippen LogP contribution in [0, 0.1) is 0 Å². The van der Waals surface area contributed by atoms with E-state index in [0.717, 1.165) is 31.6 Å². The van der Waals surface area contributed by atoms with Crippen LogP contribution >= 0.6 is 0 Å². The van der Waals surface area contributed by atoms with Crippen molar-refractivity contribution in [3.8, 4) is 17.1 Å². The van der Waals surface area contributed by atoms with Gasteiger partial charge in [-0.2, -0.15) is 5.10 Å². The number of carbonyl (C=O) groups is 1. The molecule has 0 bridgehead atoms. The molecule has 3 aromatic rings. The fourth-order valence-corrected chi connectivity index (χ4v) is 3.10. The van der Waals surface area contributed by atoms with Gasteiger partial charge in [0.25, 0.3) is 5.91 Å². The largest absolute Gasteiger partial charge is 0.463 e. The van der Waals surface area contributed by atoms with Crippen LogP contribution in [0.1, 0.15) is 29.8 Å². The Hall–Kier alpha value is -2.82. The van der Waals surface area contributed by atoms with E-state index in [-0.39, 0.29) is 5.91 Å². The molecule has 0 spiro atoms. The molecule has 1 aliphatic heterocycles.